The first-order valence-electron chi connectivity index (χ1n) is 5.50. The molecule has 1 aromatic rings. The van der Waals surface area contributed by atoms with Crippen molar-refractivity contribution in [3.8, 4) is 0 Å². The molecule has 92 valence electrons. The molecule has 4 nitrogen and oxygen atoms in total. The first-order valence-corrected chi connectivity index (χ1v) is 5.50. The molecule has 1 heterocycles. The standard InChI is InChI=1S/C12H22N2O2/c1-12(2,3)11(15-4)10(14-13)8-9-6-5-7-16-9/h5-7,10-11,14H,8,13H2,1-4H3. The van der Waals surface area contributed by atoms with Crippen LogP contribution in [0.15, 0.2) is 22.8 Å². The van der Waals surface area contributed by atoms with E-state index in [1.165, 1.54) is 0 Å². The molecular weight excluding hydrogens is 204 g/mol. The first kappa shape index (κ1) is 13.2. The first-order chi connectivity index (χ1) is 7.49. The fourth-order valence-corrected chi connectivity index (χ4v) is 2.02. The average molecular weight is 226 g/mol. The van der Waals surface area contributed by atoms with Crippen LogP contribution >= 0.6 is 0 Å². The van der Waals surface area contributed by atoms with E-state index in [2.05, 4.69) is 26.2 Å². The van der Waals surface area contributed by atoms with E-state index in [-0.39, 0.29) is 17.6 Å². The van der Waals surface area contributed by atoms with Crippen molar-refractivity contribution in [2.75, 3.05) is 7.11 Å². The number of methoxy groups -OCH3 is 1. The Morgan fingerprint density at radius 2 is 2.19 bits per heavy atom. The van der Waals surface area contributed by atoms with Crippen LogP contribution in [0.1, 0.15) is 26.5 Å². The molecular formula is C12H22N2O2. The van der Waals surface area contributed by atoms with Crippen molar-refractivity contribution in [2.45, 2.75) is 39.3 Å². The predicted molar refractivity (Wildman–Crippen MR) is 63.8 cm³/mol. The summed E-state index contributed by atoms with van der Waals surface area (Å²) in [4.78, 5) is 0. The van der Waals surface area contributed by atoms with E-state index in [1.807, 2.05) is 12.1 Å². The van der Waals surface area contributed by atoms with Crippen molar-refractivity contribution >= 4 is 0 Å². The average Bonchev–Trinajstić information content (AvgIpc) is 2.67. The molecule has 2 unspecified atom stereocenters. The second-order valence-corrected chi connectivity index (χ2v) is 5.08. The lowest BCUT2D eigenvalue weighted by Crippen LogP contribution is -2.51. The van der Waals surface area contributed by atoms with Gasteiger partial charge in [-0.2, -0.15) is 0 Å². The minimum atomic E-state index is 0.0262. The molecule has 0 amide bonds. The fraction of sp³-hybridized carbons (Fsp3) is 0.667. The Bertz CT molecular complexity index is 290. The third-order valence-corrected chi connectivity index (χ3v) is 2.69. The quantitative estimate of drug-likeness (QED) is 0.593. The van der Waals surface area contributed by atoms with Crippen LogP contribution in [0.2, 0.25) is 0 Å². The summed E-state index contributed by atoms with van der Waals surface area (Å²) in [6, 6.07) is 3.86. The highest BCUT2D eigenvalue weighted by Crippen LogP contribution is 2.25. The van der Waals surface area contributed by atoms with E-state index in [9.17, 15) is 0 Å². The number of hydrogen-bond acceptors (Lipinski definition) is 4. The van der Waals surface area contributed by atoms with E-state index < -0.39 is 0 Å². The summed E-state index contributed by atoms with van der Waals surface area (Å²) in [5.41, 5.74) is 2.84. The highest BCUT2D eigenvalue weighted by Gasteiger charge is 2.32. The maximum atomic E-state index is 5.59. The van der Waals surface area contributed by atoms with E-state index >= 15 is 0 Å². The van der Waals surface area contributed by atoms with Gasteiger partial charge in [-0.25, -0.2) is 0 Å². The smallest absolute Gasteiger partial charge is 0.105 e. The fourth-order valence-electron chi connectivity index (χ4n) is 2.02. The molecule has 1 aromatic heterocycles. The summed E-state index contributed by atoms with van der Waals surface area (Å²) in [5, 5.41) is 0. The molecule has 0 saturated heterocycles. The van der Waals surface area contributed by atoms with Gasteiger partial charge in [-0.05, 0) is 17.5 Å². The van der Waals surface area contributed by atoms with Crippen molar-refractivity contribution in [1.82, 2.24) is 5.43 Å². The van der Waals surface area contributed by atoms with E-state index in [1.54, 1.807) is 13.4 Å². The molecule has 3 N–H and O–H groups in total. The molecule has 16 heavy (non-hydrogen) atoms. The molecule has 0 bridgehead atoms. The zero-order valence-corrected chi connectivity index (χ0v) is 10.5. The number of nitrogens with one attached hydrogen (secondary N) is 1. The van der Waals surface area contributed by atoms with Gasteiger partial charge in [0.15, 0.2) is 0 Å². The molecule has 0 fully saturated rings. The lowest BCUT2D eigenvalue weighted by atomic mass is 9.83. The lowest BCUT2D eigenvalue weighted by molar-refractivity contribution is -0.0121. The van der Waals surface area contributed by atoms with Gasteiger partial charge in [0.1, 0.15) is 5.76 Å². The molecule has 0 aromatic carbocycles. The third-order valence-electron chi connectivity index (χ3n) is 2.69. The van der Waals surface area contributed by atoms with Crippen LogP contribution in [0, 0.1) is 5.41 Å². The van der Waals surface area contributed by atoms with Gasteiger partial charge in [0, 0.05) is 13.5 Å². The summed E-state index contributed by atoms with van der Waals surface area (Å²) in [6.07, 6.45) is 2.42. The Balaban J connectivity index is 2.72. The number of rotatable bonds is 5. The van der Waals surface area contributed by atoms with E-state index in [0.29, 0.717) is 0 Å². The van der Waals surface area contributed by atoms with Crippen LogP contribution in [0.3, 0.4) is 0 Å². The summed E-state index contributed by atoms with van der Waals surface area (Å²) in [6.45, 7) is 6.40. The second kappa shape index (κ2) is 5.48. The largest absolute Gasteiger partial charge is 0.469 e. The summed E-state index contributed by atoms with van der Waals surface area (Å²) < 4.78 is 10.9. The Morgan fingerprint density at radius 1 is 1.50 bits per heavy atom. The SMILES string of the molecule is COC(C(Cc1ccco1)NN)C(C)(C)C. The zero-order chi connectivity index (χ0) is 12.2. The van der Waals surface area contributed by atoms with Crippen LogP contribution in [0.4, 0.5) is 0 Å². The number of ether oxygens (including phenoxy) is 1. The second-order valence-electron chi connectivity index (χ2n) is 5.08. The van der Waals surface area contributed by atoms with Crippen molar-refractivity contribution in [3.63, 3.8) is 0 Å². The van der Waals surface area contributed by atoms with Crippen molar-refractivity contribution < 1.29 is 9.15 Å². The Kier molecular flexibility index (Phi) is 4.53. The van der Waals surface area contributed by atoms with Gasteiger partial charge >= 0.3 is 0 Å². The topological polar surface area (TPSA) is 60.4 Å². The van der Waals surface area contributed by atoms with Crippen LogP contribution < -0.4 is 11.3 Å². The summed E-state index contributed by atoms with van der Waals surface area (Å²) >= 11 is 0. The molecule has 0 aliphatic carbocycles. The van der Waals surface area contributed by atoms with Crippen LogP contribution in [0.25, 0.3) is 0 Å². The minimum Gasteiger partial charge on any atom is -0.469 e. The normalized spacial score (nSPS) is 16.1. The molecule has 2 atom stereocenters. The van der Waals surface area contributed by atoms with Gasteiger partial charge in [0.05, 0.1) is 18.4 Å². The van der Waals surface area contributed by atoms with E-state index in [4.69, 9.17) is 15.0 Å². The Hall–Kier alpha value is -0.840. The van der Waals surface area contributed by atoms with E-state index in [0.717, 1.165) is 12.2 Å². The van der Waals surface area contributed by atoms with Gasteiger partial charge in [0.2, 0.25) is 0 Å². The summed E-state index contributed by atoms with van der Waals surface area (Å²) in [5.74, 6) is 6.50. The van der Waals surface area contributed by atoms with Crippen molar-refractivity contribution in [3.05, 3.63) is 24.2 Å². The molecule has 0 aliphatic heterocycles. The summed E-state index contributed by atoms with van der Waals surface area (Å²) in [7, 11) is 1.71. The molecule has 4 heteroatoms. The molecule has 1 rings (SSSR count). The third kappa shape index (κ3) is 3.33. The Morgan fingerprint density at radius 3 is 2.56 bits per heavy atom. The highest BCUT2D eigenvalue weighted by atomic mass is 16.5. The molecule has 0 spiro atoms. The number of nitrogens with two attached hydrogens (primary N) is 1. The van der Waals surface area contributed by atoms with Gasteiger partial charge in [-0.1, -0.05) is 20.8 Å². The minimum absolute atomic E-state index is 0.0262. The molecule has 0 saturated carbocycles. The van der Waals surface area contributed by atoms with Crippen LogP contribution in [-0.2, 0) is 11.2 Å². The number of hydrazine groups is 1. The lowest BCUT2D eigenvalue weighted by Gasteiger charge is -2.35. The van der Waals surface area contributed by atoms with Crippen molar-refractivity contribution in [2.24, 2.45) is 11.3 Å². The monoisotopic (exact) mass is 226 g/mol. The van der Waals surface area contributed by atoms with Gasteiger partial charge in [-0.3, -0.25) is 11.3 Å². The van der Waals surface area contributed by atoms with Gasteiger partial charge in [0.25, 0.3) is 0 Å². The maximum absolute atomic E-state index is 5.59. The van der Waals surface area contributed by atoms with Gasteiger partial charge in [-0.15, -0.1) is 0 Å². The number of hydrogen-bond donors (Lipinski definition) is 2. The van der Waals surface area contributed by atoms with Crippen LogP contribution in [0.5, 0.6) is 0 Å². The van der Waals surface area contributed by atoms with Crippen LogP contribution in [-0.4, -0.2) is 19.3 Å². The Labute approximate surface area is 97.1 Å². The zero-order valence-electron chi connectivity index (χ0n) is 10.5. The maximum Gasteiger partial charge on any atom is 0.105 e. The predicted octanol–water partition coefficient (Wildman–Crippen LogP) is 1.72. The molecule has 0 aliphatic rings. The molecule has 0 radical (unpaired) electrons. The number of furan rings is 1. The van der Waals surface area contributed by atoms with Gasteiger partial charge < -0.3 is 9.15 Å². The highest BCUT2D eigenvalue weighted by molar-refractivity contribution is 5.02. The van der Waals surface area contributed by atoms with Crippen molar-refractivity contribution in [1.29, 1.82) is 0 Å².